The Labute approximate surface area is 119 Å². The van der Waals surface area contributed by atoms with Crippen LogP contribution in [0, 0.1) is 5.92 Å². The van der Waals surface area contributed by atoms with E-state index in [2.05, 4.69) is 11.6 Å². The lowest BCUT2D eigenvalue weighted by atomic mass is 10.1. The van der Waals surface area contributed by atoms with Crippen molar-refractivity contribution in [1.29, 1.82) is 0 Å². The van der Waals surface area contributed by atoms with Crippen molar-refractivity contribution < 1.29 is 8.42 Å². The minimum atomic E-state index is -3.56. The van der Waals surface area contributed by atoms with Gasteiger partial charge in [0.2, 0.25) is 10.0 Å². The van der Waals surface area contributed by atoms with E-state index >= 15 is 0 Å². The zero-order valence-corrected chi connectivity index (χ0v) is 12.4. The van der Waals surface area contributed by atoms with Gasteiger partial charge in [0, 0.05) is 11.6 Å². The van der Waals surface area contributed by atoms with Crippen LogP contribution >= 0.6 is 12.2 Å². The number of nitrogens with two attached hydrogens (primary N) is 1. The molecule has 2 rings (SSSR count). The standard InChI is InChI=1S/C13H18N2O2S2/c1-9-6-7-10(8-9)15-19(16,17)12-5-3-2-4-11(12)13(14)18/h2-5,9-10,15H,6-8H2,1H3,(H2,14,18). The molecule has 1 aliphatic rings. The van der Waals surface area contributed by atoms with E-state index in [1.165, 1.54) is 6.07 Å². The van der Waals surface area contributed by atoms with Crippen molar-refractivity contribution in [2.24, 2.45) is 11.7 Å². The van der Waals surface area contributed by atoms with Crippen LogP contribution in [0.1, 0.15) is 31.7 Å². The predicted octanol–water partition coefficient (Wildman–Crippen LogP) is 1.79. The zero-order chi connectivity index (χ0) is 14.0. The molecule has 3 N–H and O–H groups in total. The Morgan fingerprint density at radius 3 is 2.63 bits per heavy atom. The number of sulfonamides is 1. The molecule has 4 nitrogen and oxygen atoms in total. The Bertz CT molecular complexity index is 584. The van der Waals surface area contributed by atoms with E-state index in [1.807, 2.05) is 0 Å². The smallest absolute Gasteiger partial charge is 0.241 e. The first-order valence-electron chi connectivity index (χ1n) is 6.31. The maximum Gasteiger partial charge on any atom is 0.241 e. The van der Waals surface area contributed by atoms with Gasteiger partial charge in [0.1, 0.15) is 4.99 Å². The molecule has 0 bridgehead atoms. The first kappa shape index (κ1) is 14.4. The molecule has 1 aromatic rings. The molecule has 1 aromatic carbocycles. The largest absolute Gasteiger partial charge is 0.389 e. The molecular formula is C13H18N2O2S2. The molecule has 0 radical (unpaired) electrons. The lowest BCUT2D eigenvalue weighted by Gasteiger charge is -2.15. The molecule has 2 atom stereocenters. The van der Waals surface area contributed by atoms with Gasteiger partial charge in [-0.3, -0.25) is 0 Å². The maximum absolute atomic E-state index is 12.4. The van der Waals surface area contributed by atoms with E-state index in [0.717, 1.165) is 19.3 Å². The Morgan fingerprint density at radius 2 is 2.05 bits per heavy atom. The van der Waals surface area contributed by atoms with Crippen molar-refractivity contribution >= 4 is 27.2 Å². The second-order valence-corrected chi connectivity index (χ2v) is 7.22. The van der Waals surface area contributed by atoms with E-state index in [4.69, 9.17) is 18.0 Å². The average molecular weight is 298 g/mol. The summed E-state index contributed by atoms with van der Waals surface area (Å²) in [5.74, 6) is 0.568. The van der Waals surface area contributed by atoms with Gasteiger partial charge in [-0.2, -0.15) is 0 Å². The Kier molecular flexibility index (Phi) is 4.23. The van der Waals surface area contributed by atoms with Gasteiger partial charge in [-0.15, -0.1) is 0 Å². The minimum Gasteiger partial charge on any atom is -0.389 e. The fraction of sp³-hybridized carbons (Fsp3) is 0.462. The highest BCUT2D eigenvalue weighted by Crippen LogP contribution is 2.26. The summed E-state index contributed by atoms with van der Waals surface area (Å²) in [6, 6.07) is 6.58. The van der Waals surface area contributed by atoms with Crippen LogP contribution in [-0.2, 0) is 10.0 Å². The number of thiocarbonyl (C=S) groups is 1. The van der Waals surface area contributed by atoms with Gasteiger partial charge < -0.3 is 5.73 Å². The van der Waals surface area contributed by atoms with Gasteiger partial charge in [-0.05, 0) is 31.2 Å². The monoisotopic (exact) mass is 298 g/mol. The van der Waals surface area contributed by atoms with Crippen molar-refractivity contribution in [3.05, 3.63) is 29.8 Å². The van der Waals surface area contributed by atoms with E-state index < -0.39 is 10.0 Å². The summed E-state index contributed by atoms with van der Waals surface area (Å²) in [4.78, 5) is 0.266. The number of hydrogen-bond acceptors (Lipinski definition) is 3. The van der Waals surface area contributed by atoms with E-state index in [-0.39, 0.29) is 15.9 Å². The molecule has 0 heterocycles. The average Bonchev–Trinajstić information content (AvgIpc) is 2.74. The van der Waals surface area contributed by atoms with E-state index in [1.54, 1.807) is 18.2 Å². The molecule has 19 heavy (non-hydrogen) atoms. The SMILES string of the molecule is CC1CCC(NS(=O)(=O)c2ccccc2C(N)=S)C1. The van der Waals surface area contributed by atoms with Crippen molar-refractivity contribution in [2.75, 3.05) is 0 Å². The van der Waals surface area contributed by atoms with Crippen LogP contribution in [0.3, 0.4) is 0 Å². The van der Waals surface area contributed by atoms with Crippen LogP contribution in [0.5, 0.6) is 0 Å². The summed E-state index contributed by atoms with van der Waals surface area (Å²) in [5.41, 5.74) is 5.98. The van der Waals surface area contributed by atoms with Crippen LogP contribution in [0.15, 0.2) is 29.2 Å². The summed E-state index contributed by atoms with van der Waals surface area (Å²) in [6.07, 6.45) is 2.83. The second kappa shape index (κ2) is 5.56. The molecule has 0 amide bonds. The number of nitrogens with one attached hydrogen (secondary N) is 1. The third kappa shape index (κ3) is 3.32. The Balaban J connectivity index is 2.27. The van der Waals surface area contributed by atoms with Crippen molar-refractivity contribution in [1.82, 2.24) is 4.72 Å². The second-order valence-electron chi connectivity index (χ2n) is 5.10. The predicted molar refractivity (Wildman–Crippen MR) is 79.5 cm³/mol. The van der Waals surface area contributed by atoms with Gasteiger partial charge in [0.25, 0.3) is 0 Å². The fourth-order valence-corrected chi connectivity index (χ4v) is 4.25. The topological polar surface area (TPSA) is 72.2 Å². The Morgan fingerprint density at radius 1 is 1.37 bits per heavy atom. The highest BCUT2D eigenvalue weighted by Gasteiger charge is 2.27. The third-order valence-corrected chi connectivity index (χ3v) is 5.26. The minimum absolute atomic E-state index is 0.0133. The van der Waals surface area contributed by atoms with Crippen molar-refractivity contribution in [3.63, 3.8) is 0 Å². The third-order valence-electron chi connectivity index (χ3n) is 3.46. The number of rotatable bonds is 4. The molecule has 0 aliphatic heterocycles. The summed E-state index contributed by atoms with van der Waals surface area (Å²) in [6.45, 7) is 2.14. The van der Waals surface area contributed by atoms with Gasteiger partial charge >= 0.3 is 0 Å². The molecule has 1 aliphatic carbocycles. The quantitative estimate of drug-likeness (QED) is 0.831. The van der Waals surface area contributed by atoms with Crippen LogP contribution < -0.4 is 10.5 Å². The van der Waals surface area contributed by atoms with Gasteiger partial charge in [-0.25, -0.2) is 13.1 Å². The van der Waals surface area contributed by atoms with Crippen LogP contribution in [0.2, 0.25) is 0 Å². The Hall–Kier alpha value is -0.980. The molecule has 104 valence electrons. The maximum atomic E-state index is 12.4. The first-order valence-corrected chi connectivity index (χ1v) is 8.20. The molecule has 2 unspecified atom stereocenters. The first-order chi connectivity index (χ1) is 8.90. The van der Waals surface area contributed by atoms with E-state index in [9.17, 15) is 8.42 Å². The number of hydrogen-bond donors (Lipinski definition) is 2. The summed E-state index contributed by atoms with van der Waals surface area (Å²) in [5, 5.41) is 0. The van der Waals surface area contributed by atoms with Gasteiger partial charge in [-0.1, -0.05) is 37.3 Å². The van der Waals surface area contributed by atoms with Gasteiger partial charge in [0.05, 0.1) is 4.90 Å². The molecular weight excluding hydrogens is 280 g/mol. The van der Waals surface area contributed by atoms with Crippen LogP contribution in [0.4, 0.5) is 0 Å². The normalized spacial score (nSPS) is 23.4. The lowest BCUT2D eigenvalue weighted by molar-refractivity contribution is 0.538. The molecule has 1 saturated carbocycles. The van der Waals surface area contributed by atoms with E-state index in [0.29, 0.717) is 11.5 Å². The number of benzene rings is 1. The summed E-state index contributed by atoms with van der Waals surface area (Å²) < 4.78 is 27.5. The summed E-state index contributed by atoms with van der Waals surface area (Å²) in [7, 11) is -3.56. The molecule has 0 spiro atoms. The highest BCUT2D eigenvalue weighted by atomic mass is 32.2. The highest BCUT2D eigenvalue weighted by molar-refractivity contribution is 7.89. The molecule has 0 aromatic heterocycles. The van der Waals surface area contributed by atoms with Gasteiger partial charge in [0.15, 0.2) is 0 Å². The molecule has 6 heteroatoms. The fourth-order valence-electron chi connectivity index (χ4n) is 2.50. The lowest BCUT2D eigenvalue weighted by Crippen LogP contribution is -2.34. The zero-order valence-electron chi connectivity index (χ0n) is 10.8. The van der Waals surface area contributed by atoms with Crippen LogP contribution in [-0.4, -0.2) is 19.4 Å². The van der Waals surface area contributed by atoms with Crippen molar-refractivity contribution in [3.8, 4) is 0 Å². The molecule has 0 saturated heterocycles. The van der Waals surface area contributed by atoms with Crippen molar-refractivity contribution in [2.45, 2.75) is 37.1 Å². The summed E-state index contributed by atoms with van der Waals surface area (Å²) >= 11 is 4.91. The van der Waals surface area contributed by atoms with Crippen LogP contribution in [0.25, 0.3) is 0 Å². The molecule has 1 fully saturated rings.